The predicted molar refractivity (Wildman–Crippen MR) is 108 cm³/mol. The minimum absolute atomic E-state index is 0.0470. The molecule has 1 unspecified atom stereocenters. The van der Waals surface area contributed by atoms with Crippen LogP contribution in [0.3, 0.4) is 0 Å². The first-order valence-corrected chi connectivity index (χ1v) is 11.3. The van der Waals surface area contributed by atoms with Crippen LogP contribution in [0.4, 0.5) is 0 Å². The molecule has 5 atom stereocenters. The van der Waals surface area contributed by atoms with Gasteiger partial charge in [0.25, 0.3) is 0 Å². The largest absolute Gasteiger partial charge is 0.393 e. The van der Waals surface area contributed by atoms with E-state index in [1.54, 1.807) is 0 Å². The van der Waals surface area contributed by atoms with E-state index in [1.165, 1.54) is 25.7 Å². The number of hydrogen-bond acceptors (Lipinski definition) is 3. The molecule has 0 aromatic carbocycles. The van der Waals surface area contributed by atoms with E-state index in [0.29, 0.717) is 18.8 Å². The molecule has 0 bridgehead atoms. The Morgan fingerprint density at radius 3 is 2.27 bits per heavy atom. The van der Waals surface area contributed by atoms with Gasteiger partial charge in [0.1, 0.15) is 0 Å². The molecule has 3 N–H and O–H groups in total. The Morgan fingerprint density at radius 2 is 1.62 bits per heavy atom. The van der Waals surface area contributed by atoms with Gasteiger partial charge in [-0.15, -0.1) is 0 Å². The zero-order valence-corrected chi connectivity index (χ0v) is 17.1. The first-order chi connectivity index (χ1) is 12.5. The van der Waals surface area contributed by atoms with Crippen LogP contribution >= 0.6 is 0 Å². The van der Waals surface area contributed by atoms with E-state index < -0.39 is 11.7 Å². The molecule has 26 heavy (non-hydrogen) atoms. The lowest BCUT2D eigenvalue weighted by Gasteiger charge is -2.27. The molecule has 3 heteroatoms. The maximum absolute atomic E-state index is 11.0. The first kappa shape index (κ1) is 21.9. The van der Waals surface area contributed by atoms with Crippen LogP contribution in [0, 0.1) is 17.8 Å². The second-order valence-electron chi connectivity index (χ2n) is 8.93. The first-order valence-electron chi connectivity index (χ1n) is 11.3. The summed E-state index contributed by atoms with van der Waals surface area (Å²) < 4.78 is 0. The van der Waals surface area contributed by atoms with Crippen molar-refractivity contribution in [2.75, 3.05) is 0 Å². The topological polar surface area (TPSA) is 60.7 Å². The zero-order chi connectivity index (χ0) is 19.0. The molecule has 0 radical (unpaired) electrons. The van der Waals surface area contributed by atoms with Crippen molar-refractivity contribution in [3.63, 3.8) is 0 Å². The van der Waals surface area contributed by atoms with E-state index in [4.69, 9.17) is 0 Å². The summed E-state index contributed by atoms with van der Waals surface area (Å²) in [7, 11) is 0. The quantitative estimate of drug-likeness (QED) is 0.318. The van der Waals surface area contributed by atoms with Crippen molar-refractivity contribution < 1.29 is 15.3 Å². The molecule has 2 rings (SSSR count). The molecule has 0 aromatic rings. The van der Waals surface area contributed by atoms with Crippen LogP contribution in [-0.2, 0) is 0 Å². The fourth-order valence-corrected chi connectivity index (χ4v) is 4.77. The molecule has 3 nitrogen and oxygen atoms in total. The molecule has 0 aliphatic heterocycles. The molecule has 152 valence electrons. The summed E-state index contributed by atoms with van der Waals surface area (Å²) in [6.07, 6.45) is 17.1. The maximum Gasteiger partial charge on any atom is 0.0710 e. The third-order valence-electron chi connectivity index (χ3n) is 6.69. The summed E-state index contributed by atoms with van der Waals surface area (Å²) in [5.41, 5.74) is -0.551. The molecular weight excluding hydrogens is 324 g/mol. The van der Waals surface area contributed by atoms with Crippen LogP contribution < -0.4 is 0 Å². The smallest absolute Gasteiger partial charge is 0.0710 e. The lowest BCUT2D eigenvalue weighted by molar-refractivity contribution is 0.00950. The highest BCUT2D eigenvalue weighted by molar-refractivity contribution is 5.06. The number of unbranched alkanes of at least 4 members (excludes halogenated alkanes) is 5. The van der Waals surface area contributed by atoms with Gasteiger partial charge in [-0.25, -0.2) is 0 Å². The summed E-state index contributed by atoms with van der Waals surface area (Å²) >= 11 is 0. The van der Waals surface area contributed by atoms with Gasteiger partial charge >= 0.3 is 0 Å². The Bertz CT molecular complexity index is 418. The van der Waals surface area contributed by atoms with Gasteiger partial charge in [0, 0.05) is 12.3 Å². The van der Waals surface area contributed by atoms with Gasteiger partial charge in [0.15, 0.2) is 0 Å². The van der Waals surface area contributed by atoms with Gasteiger partial charge < -0.3 is 15.3 Å². The zero-order valence-electron chi connectivity index (χ0n) is 17.1. The number of aliphatic hydroxyl groups excluding tert-OH is 2. The fraction of sp³-hybridized carbons (Fsp3) is 0.913. The Labute approximate surface area is 160 Å². The Kier molecular flexibility index (Phi) is 9.12. The molecule has 0 saturated heterocycles. The Hall–Kier alpha value is -0.380. The molecule has 0 amide bonds. The minimum Gasteiger partial charge on any atom is -0.393 e. The second kappa shape index (κ2) is 10.8. The second-order valence-corrected chi connectivity index (χ2v) is 8.93. The van der Waals surface area contributed by atoms with Crippen LogP contribution in [0.1, 0.15) is 97.3 Å². The molecule has 2 aliphatic carbocycles. The van der Waals surface area contributed by atoms with E-state index in [2.05, 4.69) is 26.0 Å². The monoisotopic (exact) mass is 366 g/mol. The van der Waals surface area contributed by atoms with Gasteiger partial charge in [0.2, 0.25) is 0 Å². The molecule has 0 spiro atoms. The predicted octanol–water partition coefficient (Wildman–Crippen LogP) is 4.98. The third-order valence-corrected chi connectivity index (χ3v) is 6.69. The van der Waals surface area contributed by atoms with E-state index in [-0.39, 0.29) is 17.9 Å². The van der Waals surface area contributed by atoms with E-state index in [1.807, 2.05) is 0 Å². The van der Waals surface area contributed by atoms with Gasteiger partial charge in [0.05, 0.1) is 17.8 Å². The maximum atomic E-state index is 11.0. The molecule has 0 heterocycles. The molecule has 2 saturated carbocycles. The standard InChI is InChI=1S/C23H42O3/c1-3-5-7-8-9-11-19-20(22(25)17-21(19)24)12-10-16-23(26,15-6-4-2)18-13-14-18/h10,12,18-22,24-26H,3-9,11,13-17H2,1-2H3/b12-10+/t19-,20-,21+,22-,23?/m1/s1. The van der Waals surface area contributed by atoms with Gasteiger partial charge in [-0.2, -0.15) is 0 Å². The van der Waals surface area contributed by atoms with Crippen molar-refractivity contribution in [2.45, 2.75) is 115 Å². The summed E-state index contributed by atoms with van der Waals surface area (Å²) in [5, 5.41) is 31.8. The highest BCUT2D eigenvalue weighted by atomic mass is 16.3. The van der Waals surface area contributed by atoms with Crippen LogP contribution in [-0.4, -0.2) is 33.1 Å². The van der Waals surface area contributed by atoms with Crippen molar-refractivity contribution in [3.8, 4) is 0 Å². The number of hydrogen-bond donors (Lipinski definition) is 3. The van der Waals surface area contributed by atoms with Gasteiger partial charge in [-0.3, -0.25) is 0 Å². The molecular formula is C23H42O3. The van der Waals surface area contributed by atoms with Crippen molar-refractivity contribution in [1.82, 2.24) is 0 Å². The number of aliphatic hydroxyl groups is 3. The van der Waals surface area contributed by atoms with Crippen LogP contribution in [0.15, 0.2) is 12.2 Å². The van der Waals surface area contributed by atoms with Crippen molar-refractivity contribution >= 4 is 0 Å². The number of rotatable bonds is 13. The summed E-state index contributed by atoms with van der Waals surface area (Å²) in [6, 6.07) is 0. The fourth-order valence-electron chi connectivity index (χ4n) is 4.77. The summed E-state index contributed by atoms with van der Waals surface area (Å²) in [4.78, 5) is 0. The highest BCUT2D eigenvalue weighted by Gasteiger charge is 2.43. The lowest BCUT2D eigenvalue weighted by Crippen LogP contribution is -2.30. The van der Waals surface area contributed by atoms with E-state index in [0.717, 1.165) is 44.9 Å². The average Bonchev–Trinajstić information content (AvgIpc) is 3.43. The summed E-state index contributed by atoms with van der Waals surface area (Å²) in [6.45, 7) is 4.39. The molecule has 0 aromatic heterocycles. The van der Waals surface area contributed by atoms with Crippen molar-refractivity contribution in [1.29, 1.82) is 0 Å². The Morgan fingerprint density at radius 1 is 0.923 bits per heavy atom. The van der Waals surface area contributed by atoms with Gasteiger partial charge in [-0.05, 0) is 43.9 Å². The van der Waals surface area contributed by atoms with E-state index in [9.17, 15) is 15.3 Å². The van der Waals surface area contributed by atoms with E-state index >= 15 is 0 Å². The lowest BCUT2D eigenvalue weighted by atomic mass is 9.85. The minimum atomic E-state index is -0.551. The highest BCUT2D eigenvalue weighted by Crippen LogP contribution is 2.45. The molecule has 2 fully saturated rings. The van der Waals surface area contributed by atoms with Crippen LogP contribution in [0.5, 0.6) is 0 Å². The molecule has 2 aliphatic rings. The van der Waals surface area contributed by atoms with Crippen LogP contribution in [0.2, 0.25) is 0 Å². The SMILES string of the molecule is CCCCCCC[C@@H]1[C@@H](/C=C/CC(O)(CCCC)C2CC2)[C@H](O)C[C@@H]1O. The van der Waals surface area contributed by atoms with Crippen LogP contribution in [0.25, 0.3) is 0 Å². The van der Waals surface area contributed by atoms with Crippen molar-refractivity contribution in [3.05, 3.63) is 12.2 Å². The third kappa shape index (κ3) is 6.35. The normalized spacial score (nSPS) is 31.6. The average molecular weight is 367 g/mol. The van der Waals surface area contributed by atoms with Gasteiger partial charge in [-0.1, -0.05) is 70.9 Å². The van der Waals surface area contributed by atoms with Crippen molar-refractivity contribution in [2.24, 2.45) is 17.8 Å². The summed E-state index contributed by atoms with van der Waals surface area (Å²) in [5.74, 6) is 0.686. The Balaban J connectivity index is 1.86.